The molecule has 1 heterocycles. The molecule has 2 N–H and O–H groups in total. The molecule has 0 aromatic rings. The van der Waals surface area contributed by atoms with Crippen molar-refractivity contribution in [3.63, 3.8) is 0 Å². The molecule has 82 valence electrons. The fourth-order valence-electron chi connectivity index (χ4n) is 2.34. The molecule has 1 aliphatic rings. The van der Waals surface area contributed by atoms with Gasteiger partial charge in [0.15, 0.2) is 5.96 Å². The predicted molar refractivity (Wildman–Crippen MR) is 61.3 cm³/mol. The molecule has 1 rings (SSSR count). The summed E-state index contributed by atoms with van der Waals surface area (Å²) >= 11 is 0. The average molecular weight is 197 g/mol. The smallest absolute Gasteiger partial charge is 0.192 e. The van der Waals surface area contributed by atoms with Gasteiger partial charge in [0.05, 0.1) is 12.1 Å². The Bertz CT molecular complexity index is 235. The molecule has 0 aromatic heterocycles. The van der Waals surface area contributed by atoms with Gasteiger partial charge in [-0.15, -0.1) is 0 Å². The van der Waals surface area contributed by atoms with Crippen LogP contribution in [0.15, 0.2) is 4.99 Å². The second-order valence-corrected chi connectivity index (χ2v) is 4.80. The van der Waals surface area contributed by atoms with E-state index >= 15 is 0 Å². The largest absolute Gasteiger partial charge is 0.370 e. The molecule has 2 unspecified atom stereocenters. The van der Waals surface area contributed by atoms with Crippen molar-refractivity contribution in [1.29, 1.82) is 0 Å². The Labute approximate surface area is 87.4 Å². The van der Waals surface area contributed by atoms with E-state index in [1.807, 2.05) is 0 Å². The molecule has 0 radical (unpaired) electrons. The van der Waals surface area contributed by atoms with E-state index in [9.17, 15) is 0 Å². The van der Waals surface area contributed by atoms with Gasteiger partial charge in [0.2, 0.25) is 0 Å². The van der Waals surface area contributed by atoms with E-state index in [0.717, 1.165) is 6.54 Å². The van der Waals surface area contributed by atoms with Crippen LogP contribution in [0.3, 0.4) is 0 Å². The molecule has 0 saturated heterocycles. The summed E-state index contributed by atoms with van der Waals surface area (Å²) in [7, 11) is 0. The van der Waals surface area contributed by atoms with Crippen LogP contribution in [0, 0.1) is 5.92 Å². The van der Waals surface area contributed by atoms with Gasteiger partial charge in [-0.25, -0.2) is 0 Å². The van der Waals surface area contributed by atoms with Gasteiger partial charge in [0.25, 0.3) is 0 Å². The van der Waals surface area contributed by atoms with Gasteiger partial charge in [-0.05, 0) is 26.7 Å². The van der Waals surface area contributed by atoms with E-state index in [-0.39, 0.29) is 5.54 Å². The van der Waals surface area contributed by atoms with Gasteiger partial charge in [0, 0.05) is 6.04 Å². The van der Waals surface area contributed by atoms with Crippen molar-refractivity contribution in [2.45, 2.75) is 52.6 Å². The number of hydrogen-bond donors (Lipinski definition) is 1. The zero-order valence-electron chi connectivity index (χ0n) is 10.0. The summed E-state index contributed by atoms with van der Waals surface area (Å²) in [5.41, 5.74) is 6.04. The molecule has 0 aromatic carbocycles. The van der Waals surface area contributed by atoms with E-state index in [1.165, 1.54) is 6.42 Å². The minimum atomic E-state index is 0.118. The normalized spacial score (nSPS) is 29.6. The molecule has 3 heteroatoms. The molecule has 2 atom stereocenters. The van der Waals surface area contributed by atoms with Gasteiger partial charge in [-0.3, -0.25) is 4.99 Å². The molecule has 0 fully saturated rings. The number of hydrogen-bond acceptors (Lipinski definition) is 3. The molecular weight excluding hydrogens is 174 g/mol. The monoisotopic (exact) mass is 197 g/mol. The molecule has 0 saturated carbocycles. The molecule has 3 nitrogen and oxygen atoms in total. The lowest BCUT2D eigenvalue weighted by Crippen LogP contribution is -2.56. The highest BCUT2D eigenvalue weighted by atomic mass is 15.4. The van der Waals surface area contributed by atoms with Crippen molar-refractivity contribution in [3.8, 4) is 0 Å². The first-order valence-electron chi connectivity index (χ1n) is 5.52. The third-order valence-electron chi connectivity index (χ3n) is 3.55. The average Bonchev–Trinajstić information content (AvgIpc) is 2.42. The second kappa shape index (κ2) is 3.79. The zero-order chi connectivity index (χ0) is 10.9. The third kappa shape index (κ3) is 1.60. The summed E-state index contributed by atoms with van der Waals surface area (Å²) in [5, 5.41) is 0. The van der Waals surface area contributed by atoms with Gasteiger partial charge < -0.3 is 10.6 Å². The number of nitrogens with two attached hydrogens (primary N) is 1. The van der Waals surface area contributed by atoms with E-state index in [2.05, 4.69) is 44.5 Å². The van der Waals surface area contributed by atoms with Crippen molar-refractivity contribution in [3.05, 3.63) is 0 Å². The van der Waals surface area contributed by atoms with E-state index in [4.69, 9.17) is 5.73 Å². The minimum Gasteiger partial charge on any atom is -0.370 e. The predicted octanol–water partition coefficient (Wildman–Crippen LogP) is 1.83. The van der Waals surface area contributed by atoms with Crippen molar-refractivity contribution in [1.82, 2.24) is 4.90 Å². The summed E-state index contributed by atoms with van der Waals surface area (Å²) in [4.78, 5) is 6.65. The topological polar surface area (TPSA) is 41.6 Å². The van der Waals surface area contributed by atoms with E-state index in [0.29, 0.717) is 17.9 Å². The van der Waals surface area contributed by atoms with Gasteiger partial charge in [0.1, 0.15) is 0 Å². The maximum absolute atomic E-state index is 5.92. The number of nitrogens with zero attached hydrogens (tertiary/aromatic N) is 2. The number of rotatable bonds is 3. The van der Waals surface area contributed by atoms with Crippen LogP contribution in [0.5, 0.6) is 0 Å². The van der Waals surface area contributed by atoms with Crippen molar-refractivity contribution >= 4 is 5.96 Å². The van der Waals surface area contributed by atoms with Crippen LogP contribution in [-0.4, -0.2) is 29.0 Å². The Kier molecular flexibility index (Phi) is 3.07. The van der Waals surface area contributed by atoms with Gasteiger partial charge >= 0.3 is 0 Å². The van der Waals surface area contributed by atoms with Crippen LogP contribution in [0.2, 0.25) is 0 Å². The summed E-state index contributed by atoms with van der Waals surface area (Å²) in [6, 6.07) is 0.431. The fourth-order valence-corrected chi connectivity index (χ4v) is 2.34. The quantitative estimate of drug-likeness (QED) is 0.750. The van der Waals surface area contributed by atoms with E-state index < -0.39 is 0 Å². The Morgan fingerprint density at radius 2 is 2.07 bits per heavy atom. The van der Waals surface area contributed by atoms with Crippen LogP contribution < -0.4 is 5.73 Å². The van der Waals surface area contributed by atoms with E-state index in [1.54, 1.807) is 0 Å². The standard InChI is InChI=1S/C11H23N3/c1-6-9(4)11(5)7-13-10(12)14(11)8(2)3/h8-9H,6-7H2,1-5H3,(H2,12,13). The Balaban J connectivity index is 2.91. The number of aliphatic imine (C=N–C) groups is 1. The molecule has 0 bridgehead atoms. The minimum absolute atomic E-state index is 0.118. The molecule has 14 heavy (non-hydrogen) atoms. The lowest BCUT2D eigenvalue weighted by molar-refractivity contribution is 0.118. The molecule has 0 spiro atoms. The zero-order valence-corrected chi connectivity index (χ0v) is 10.0. The van der Waals surface area contributed by atoms with Crippen LogP contribution >= 0.6 is 0 Å². The van der Waals surface area contributed by atoms with Crippen LogP contribution in [-0.2, 0) is 0 Å². The van der Waals surface area contributed by atoms with Crippen LogP contribution in [0.25, 0.3) is 0 Å². The first kappa shape index (κ1) is 11.3. The highest BCUT2D eigenvalue weighted by molar-refractivity contribution is 5.81. The summed E-state index contributed by atoms with van der Waals surface area (Å²) in [5.74, 6) is 1.33. The highest BCUT2D eigenvalue weighted by Crippen LogP contribution is 2.32. The second-order valence-electron chi connectivity index (χ2n) is 4.80. The highest BCUT2D eigenvalue weighted by Gasteiger charge is 2.42. The number of guanidine groups is 1. The molecular formula is C11H23N3. The lowest BCUT2D eigenvalue weighted by Gasteiger charge is -2.43. The maximum Gasteiger partial charge on any atom is 0.192 e. The first-order valence-corrected chi connectivity index (χ1v) is 5.52. The fraction of sp³-hybridized carbons (Fsp3) is 0.909. The molecule has 0 aliphatic carbocycles. The van der Waals surface area contributed by atoms with Gasteiger partial charge in [-0.1, -0.05) is 20.3 Å². The van der Waals surface area contributed by atoms with Gasteiger partial charge in [-0.2, -0.15) is 0 Å². The summed E-state index contributed by atoms with van der Waals surface area (Å²) in [6.07, 6.45) is 1.17. The SMILES string of the molecule is CCC(C)C1(C)CN=C(N)N1C(C)C. The van der Waals surface area contributed by atoms with Crippen LogP contribution in [0.1, 0.15) is 41.0 Å². The van der Waals surface area contributed by atoms with Crippen LogP contribution in [0.4, 0.5) is 0 Å². The van der Waals surface area contributed by atoms with Crippen molar-refractivity contribution in [2.24, 2.45) is 16.6 Å². The lowest BCUT2D eigenvalue weighted by atomic mass is 9.83. The van der Waals surface area contributed by atoms with Crippen molar-refractivity contribution in [2.75, 3.05) is 6.54 Å². The first-order chi connectivity index (χ1) is 6.43. The maximum atomic E-state index is 5.92. The van der Waals surface area contributed by atoms with Crippen molar-refractivity contribution < 1.29 is 0 Å². The Morgan fingerprint density at radius 1 is 1.50 bits per heavy atom. The summed E-state index contributed by atoms with van der Waals surface area (Å²) < 4.78 is 0. The Morgan fingerprint density at radius 3 is 2.50 bits per heavy atom. The Hall–Kier alpha value is -0.730. The molecule has 1 aliphatic heterocycles. The third-order valence-corrected chi connectivity index (χ3v) is 3.55. The summed E-state index contributed by atoms with van der Waals surface area (Å²) in [6.45, 7) is 12.0. The molecule has 0 amide bonds.